The highest BCUT2D eigenvalue weighted by Crippen LogP contribution is 2.22. The van der Waals surface area contributed by atoms with E-state index in [1.54, 1.807) is 37.5 Å². The molecule has 0 unspecified atom stereocenters. The zero-order chi connectivity index (χ0) is 15.0. The van der Waals surface area contributed by atoms with Gasteiger partial charge in [-0.3, -0.25) is 4.72 Å². The second-order valence-corrected chi connectivity index (χ2v) is 6.66. The molecule has 0 aliphatic heterocycles. The van der Waals surface area contributed by atoms with Crippen LogP contribution in [0.4, 0.5) is 5.69 Å². The van der Waals surface area contributed by atoms with Gasteiger partial charge >= 0.3 is 0 Å². The van der Waals surface area contributed by atoms with Crippen molar-refractivity contribution in [2.45, 2.75) is 18.7 Å². The summed E-state index contributed by atoms with van der Waals surface area (Å²) in [5.74, 6) is 0. The Morgan fingerprint density at radius 2 is 1.90 bits per heavy atom. The smallest absolute Gasteiger partial charge is 0.262 e. The molecular formula is C15H15N3O2S. The Morgan fingerprint density at radius 3 is 2.71 bits per heavy atom. The number of imidazole rings is 1. The number of sulfonamides is 1. The van der Waals surface area contributed by atoms with Crippen molar-refractivity contribution in [1.29, 1.82) is 0 Å². The van der Waals surface area contributed by atoms with Crippen LogP contribution in [0.25, 0.3) is 11.0 Å². The first kappa shape index (κ1) is 13.6. The maximum Gasteiger partial charge on any atom is 0.262 e. The van der Waals surface area contributed by atoms with Crippen LogP contribution in [0.3, 0.4) is 0 Å². The van der Waals surface area contributed by atoms with Crippen LogP contribution in [0.2, 0.25) is 0 Å². The van der Waals surface area contributed by atoms with E-state index in [4.69, 9.17) is 0 Å². The molecule has 3 aromatic rings. The van der Waals surface area contributed by atoms with Gasteiger partial charge in [0.25, 0.3) is 10.0 Å². The summed E-state index contributed by atoms with van der Waals surface area (Å²) in [7, 11) is -3.60. The zero-order valence-electron chi connectivity index (χ0n) is 11.7. The van der Waals surface area contributed by atoms with E-state index in [1.165, 1.54) is 0 Å². The summed E-state index contributed by atoms with van der Waals surface area (Å²) in [4.78, 5) is 7.37. The quantitative estimate of drug-likeness (QED) is 0.781. The van der Waals surface area contributed by atoms with Crippen LogP contribution in [-0.2, 0) is 10.0 Å². The molecule has 0 aliphatic rings. The summed E-state index contributed by atoms with van der Waals surface area (Å²) < 4.78 is 27.6. The van der Waals surface area contributed by atoms with Gasteiger partial charge in [-0.05, 0) is 49.2 Å². The average Bonchev–Trinajstić information content (AvgIpc) is 2.88. The summed E-state index contributed by atoms with van der Waals surface area (Å²) in [6.07, 6.45) is 1.58. The van der Waals surface area contributed by atoms with Gasteiger partial charge in [0, 0.05) is 0 Å². The third-order valence-electron chi connectivity index (χ3n) is 3.31. The number of H-pyrrole nitrogens is 1. The molecule has 0 amide bonds. The van der Waals surface area contributed by atoms with Gasteiger partial charge in [0.2, 0.25) is 0 Å². The van der Waals surface area contributed by atoms with E-state index in [0.717, 1.165) is 22.2 Å². The molecule has 0 bridgehead atoms. The van der Waals surface area contributed by atoms with Crippen LogP contribution in [0.5, 0.6) is 0 Å². The van der Waals surface area contributed by atoms with Crippen LogP contribution in [-0.4, -0.2) is 18.4 Å². The van der Waals surface area contributed by atoms with Crippen LogP contribution < -0.4 is 4.72 Å². The lowest BCUT2D eigenvalue weighted by Crippen LogP contribution is -2.14. The number of benzene rings is 2. The van der Waals surface area contributed by atoms with Crippen LogP contribution >= 0.6 is 0 Å². The van der Waals surface area contributed by atoms with Crippen molar-refractivity contribution in [3.63, 3.8) is 0 Å². The van der Waals surface area contributed by atoms with Crippen molar-refractivity contribution < 1.29 is 8.42 Å². The Labute approximate surface area is 123 Å². The standard InChI is InChI=1S/C15H15N3O2S/c1-10-3-4-11(2)15(7-10)21(19,20)18-12-5-6-13-14(8-12)17-9-16-13/h3-9,18H,1-2H3,(H,16,17). The Bertz CT molecular complexity index is 914. The number of rotatable bonds is 3. The second-order valence-electron chi connectivity index (χ2n) is 5.01. The number of hydrogen-bond donors (Lipinski definition) is 2. The van der Waals surface area contributed by atoms with Crippen molar-refractivity contribution in [2.75, 3.05) is 4.72 Å². The molecule has 0 saturated heterocycles. The maximum absolute atomic E-state index is 12.5. The average molecular weight is 301 g/mol. The first-order chi connectivity index (χ1) is 9.95. The van der Waals surface area contributed by atoms with Gasteiger partial charge in [-0.25, -0.2) is 13.4 Å². The van der Waals surface area contributed by atoms with E-state index >= 15 is 0 Å². The molecule has 1 aromatic heterocycles. The molecule has 0 aliphatic carbocycles. The number of nitrogens with zero attached hydrogens (tertiary/aromatic N) is 1. The van der Waals surface area contributed by atoms with Gasteiger partial charge in [-0.2, -0.15) is 0 Å². The number of aryl methyl sites for hydroxylation is 2. The number of aromatic nitrogens is 2. The van der Waals surface area contributed by atoms with Gasteiger partial charge < -0.3 is 4.98 Å². The lowest BCUT2D eigenvalue weighted by atomic mass is 10.2. The van der Waals surface area contributed by atoms with Gasteiger partial charge in [0.1, 0.15) is 0 Å². The minimum absolute atomic E-state index is 0.298. The largest absolute Gasteiger partial charge is 0.345 e. The van der Waals surface area contributed by atoms with Crippen molar-refractivity contribution >= 4 is 26.7 Å². The Hall–Kier alpha value is -2.34. The zero-order valence-corrected chi connectivity index (χ0v) is 12.5. The second kappa shape index (κ2) is 4.89. The molecule has 108 valence electrons. The minimum Gasteiger partial charge on any atom is -0.345 e. The molecule has 5 nitrogen and oxygen atoms in total. The van der Waals surface area contributed by atoms with E-state index in [9.17, 15) is 8.42 Å². The van der Waals surface area contributed by atoms with E-state index in [0.29, 0.717) is 10.6 Å². The Morgan fingerprint density at radius 1 is 1.10 bits per heavy atom. The molecule has 0 atom stereocenters. The molecular weight excluding hydrogens is 286 g/mol. The highest BCUT2D eigenvalue weighted by atomic mass is 32.2. The Balaban J connectivity index is 2.00. The fourth-order valence-corrected chi connectivity index (χ4v) is 3.59. The van der Waals surface area contributed by atoms with Gasteiger partial charge in [-0.1, -0.05) is 12.1 Å². The third kappa shape index (κ3) is 2.62. The van der Waals surface area contributed by atoms with E-state index in [-0.39, 0.29) is 0 Å². The lowest BCUT2D eigenvalue weighted by Gasteiger charge is -2.11. The van der Waals surface area contributed by atoms with Crippen molar-refractivity contribution in [3.05, 3.63) is 53.9 Å². The van der Waals surface area contributed by atoms with E-state index in [2.05, 4.69) is 14.7 Å². The molecule has 0 fully saturated rings. The highest BCUT2D eigenvalue weighted by molar-refractivity contribution is 7.92. The fraction of sp³-hybridized carbons (Fsp3) is 0.133. The molecule has 21 heavy (non-hydrogen) atoms. The molecule has 1 heterocycles. The summed E-state index contributed by atoms with van der Waals surface area (Å²) in [6, 6.07) is 10.6. The maximum atomic E-state index is 12.5. The molecule has 6 heteroatoms. The van der Waals surface area contributed by atoms with Crippen LogP contribution in [0, 0.1) is 13.8 Å². The molecule has 0 spiro atoms. The van der Waals surface area contributed by atoms with Gasteiger partial charge in [-0.15, -0.1) is 0 Å². The van der Waals surface area contributed by atoms with E-state index < -0.39 is 10.0 Å². The molecule has 3 rings (SSSR count). The molecule has 0 radical (unpaired) electrons. The van der Waals surface area contributed by atoms with Crippen LogP contribution in [0.15, 0.2) is 47.6 Å². The SMILES string of the molecule is Cc1ccc(C)c(S(=O)(=O)Nc2ccc3nc[nH]c3c2)c1. The minimum atomic E-state index is -3.60. The van der Waals surface area contributed by atoms with Gasteiger partial charge in [0.15, 0.2) is 0 Å². The number of aromatic amines is 1. The Kier molecular flexibility index (Phi) is 3.17. The lowest BCUT2D eigenvalue weighted by molar-refractivity contribution is 0.600. The summed E-state index contributed by atoms with van der Waals surface area (Å²) in [5, 5.41) is 0. The highest BCUT2D eigenvalue weighted by Gasteiger charge is 2.17. The summed E-state index contributed by atoms with van der Waals surface area (Å²) in [5.41, 5.74) is 3.72. The van der Waals surface area contributed by atoms with Crippen molar-refractivity contribution in [1.82, 2.24) is 9.97 Å². The van der Waals surface area contributed by atoms with Crippen molar-refractivity contribution in [3.8, 4) is 0 Å². The summed E-state index contributed by atoms with van der Waals surface area (Å²) in [6.45, 7) is 3.65. The van der Waals surface area contributed by atoms with E-state index in [1.807, 2.05) is 19.1 Å². The third-order valence-corrected chi connectivity index (χ3v) is 4.83. The summed E-state index contributed by atoms with van der Waals surface area (Å²) >= 11 is 0. The number of hydrogen-bond acceptors (Lipinski definition) is 3. The first-order valence-corrected chi connectivity index (χ1v) is 7.97. The van der Waals surface area contributed by atoms with Crippen LogP contribution in [0.1, 0.15) is 11.1 Å². The number of anilines is 1. The first-order valence-electron chi connectivity index (χ1n) is 6.49. The fourth-order valence-electron chi connectivity index (χ4n) is 2.21. The number of fused-ring (bicyclic) bond motifs is 1. The molecule has 2 N–H and O–H groups in total. The number of nitrogens with one attached hydrogen (secondary N) is 2. The predicted molar refractivity (Wildman–Crippen MR) is 82.8 cm³/mol. The normalized spacial score (nSPS) is 11.7. The molecule has 2 aromatic carbocycles. The van der Waals surface area contributed by atoms with Crippen molar-refractivity contribution in [2.24, 2.45) is 0 Å². The predicted octanol–water partition coefficient (Wildman–Crippen LogP) is 2.98. The molecule has 0 saturated carbocycles. The monoisotopic (exact) mass is 301 g/mol. The topological polar surface area (TPSA) is 74.8 Å². The van der Waals surface area contributed by atoms with Gasteiger partial charge in [0.05, 0.1) is 27.9 Å².